The minimum Gasteiger partial charge on any atom is -0.464 e. The summed E-state index contributed by atoms with van der Waals surface area (Å²) in [5, 5.41) is 3.06. The van der Waals surface area contributed by atoms with Crippen LogP contribution in [0.5, 0.6) is 0 Å². The van der Waals surface area contributed by atoms with Crippen LogP contribution in [-0.4, -0.2) is 19.6 Å². The van der Waals surface area contributed by atoms with Crippen molar-refractivity contribution in [3.63, 3.8) is 0 Å². The lowest BCUT2D eigenvalue weighted by molar-refractivity contribution is -0.150. The highest BCUT2D eigenvalue weighted by molar-refractivity contribution is 5.82. The normalized spacial score (nSPS) is 14.2. The molecule has 1 atom stereocenters. The minimum absolute atomic E-state index is 0.243. The molecule has 0 fully saturated rings. The van der Waals surface area contributed by atoms with E-state index in [-0.39, 0.29) is 5.97 Å². The van der Waals surface area contributed by atoms with Crippen LogP contribution in [0.1, 0.15) is 30.5 Å². The van der Waals surface area contributed by atoms with Crippen LogP contribution in [0, 0.1) is 13.8 Å². The first-order valence-electron chi connectivity index (χ1n) is 5.89. The van der Waals surface area contributed by atoms with Gasteiger partial charge in [-0.3, -0.25) is 0 Å². The first-order valence-corrected chi connectivity index (χ1v) is 5.89. The highest BCUT2D eigenvalue weighted by Crippen LogP contribution is 2.24. The van der Waals surface area contributed by atoms with Gasteiger partial charge in [-0.05, 0) is 40.3 Å². The molecule has 0 saturated carbocycles. The number of likely N-dealkylation sites (N-methyl/N-ethyl adjacent to an activating group) is 1. The lowest BCUT2D eigenvalue weighted by Gasteiger charge is -2.28. The average molecular weight is 235 g/mol. The van der Waals surface area contributed by atoms with Gasteiger partial charge in [0.25, 0.3) is 0 Å². The Bertz CT molecular complexity index is 394. The van der Waals surface area contributed by atoms with Gasteiger partial charge < -0.3 is 10.1 Å². The predicted molar refractivity (Wildman–Crippen MR) is 69.0 cm³/mol. The maximum atomic E-state index is 12.0. The summed E-state index contributed by atoms with van der Waals surface area (Å²) in [5.74, 6) is -0.243. The summed E-state index contributed by atoms with van der Waals surface area (Å²) < 4.78 is 5.13. The Balaban J connectivity index is 3.19. The largest absolute Gasteiger partial charge is 0.464 e. The van der Waals surface area contributed by atoms with Gasteiger partial charge >= 0.3 is 5.97 Å². The Hall–Kier alpha value is -1.35. The summed E-state index contributed by atoms with van der Waals surface area (Å²) in [6.07, 6.45) is 0. The summed E-state index contributed by atoms with van der Waals surface area (Å²) in [5.41, 5.74) is 2.44. The van der Waals surface area contributed by atoms with Crippen LogP contribution in [0.25, 0.3) is 0 Å². The van der Waals surface area contributed by atoms with Gasteiger partial charge in [0.2, 0.25) is 0 Å². The van der Waals surface area contributed by atoms with E-state index in [0.29, 0.717) is 6.61 Å². The third kappa shape index (κ3) is 2.86. The Morgan fingerprint density at radius 2 is 1.82 bits per heavy atom. The summed E-state index contributed by atoms with van der Waals surface area (Å²) in [4.78, 5) is 12.0. The van der Waals surface area contributed by atoms with Crippen molar-refractivity contribution in [2.75, 3.05) is 13.7 Å². The number of carbonyl (C=O) groups is 1. The molecule has 0 amide bonds. The molecule has 0 saturated heterocycles. The van der Waals surface area contributed by atoms with Crippen molar-refractivity contribution >= 4 is 5.97 Å². The first-order chi connectivity index (χ1) is 7.93. The smallest absolute Gasteiger partial charge is 0.330 e. The Morgan fingerprint density at radius 3 is 2.24 bits per heavy atom. The number of hydrogen-bond donors (Lipinski definition) is 1. The van der Waals surface area contributed by atoms with Crippen LogP contribution in [0.15, 0.2) is 18.2 Å². The van der Waals surface area contributed by atoms with E-state index in [9.17, 15) is 4.79 Å². The lowest BCUT2D eigenvalue weighted by atomic mass is 9.90. The van der Waals surface area contributed by atoms with E-state index in [1.807, 2.05) is 39.8 Å². The Labute approximate surface area is 103 Å². The second-order valence-corrected chi connectivity index (χ2v) is 4.47. The molecule has 1 aromatic carbocycles. The predicted octanol–water partition coefficient (Wildman–Crippen LogP) is 2.30. The third-order valence-electron chi connectivity index (χ3n) is 2.98. The fourth-order valence-corrected chi connectivity index (χ4v) is 1.90. The first kappa shape index (κ1) is 13.7. The fraction of sp³-hybridized carbons (Fsp3) is 0.500. The number of ether oxygens (including phenoxy) is 1. The van der Waals surface area contributed by atoms with E-state index in [2.05, 4.69) is 11.4 Å². The molecule has 94 valence electrons. The van der Waals surface area contributed by atoms with Crippen LogP contribution in [0.2, 0.25) is 0 Å². The molecule has 17 heavy (non-hydrogen) atoms. The van der Waals surface area contributed by atoms with Gasteiger partial charge in [0.15, 0.2) is 0 Å². The van der Waals surface area contributed by atoms with Crippen molar-refractivity contribution in [2.45, 2.75) is 33.2 Å². The van der Waals surface area contributed by atoms with E-state index >= 15 is 0 Å². The monoisotopic (exact) mass is 235 g/mol. The van der Waals surface area contributed by atoms with Crippen molar-refractivity contribution in [2.24, 2.45) is 0 Å². The molecule has 0 bridgehead atoms. The number of nitrogens with one attached hydrogen (secondary N) is 1. The summed E-state index contributed by atoms with van der Waals surface area (Å²) in [7, 11) is 1.77. The average Bonchev–Trinajstić information content (AvgIpc) is 2.26. The maximum absolute atomic E-state index is 12.0. The van der Waals surface area contributed by atoms with Crippen LogP contribution in [0.3, 0.4) is 0 Å². The van der Waals surface area contributed by atoms with Crippen molar-refractivity contribution in [1.82, 2.24) is 5.32 Å². The van der Waals surface area contributed by atoms with Crippen molar-refractivity contribution in [3.05, 3.63) is 34.9 Å². The molecule has 0 aromatic heterocycles. The van der Waals surface area contributed by atoms with Gasteiger partial charge in [-0.15, -0.1) is 0 Å². The molecule has 0 radical (unpaired) electrons. The van der Waals surface area contributed by atoms with Crippen LogP contribution in [0.4, 0.5) is 0 Å². The molecule has 3 nitrogen and oxygen atoms in total. The number of aryl methyl sites for hydroxylation is 2. The van der Waals surface area contributed by atoms with Crippen molar-refractivity contribution in [1.29, 1.82) is 0 Å². The molecule has 1 rings (SSSR count). The highest BCUT2D eigenvalue weighted by atomic mass is 16.5. The number of rotatable bonds is 4. The molecular weight excluding hydrogens is 214 g/mol. The molecule has 0 spiro atoms. The number of esters is 1. The van der Waals surface area contributed by atoms with Crippen LogP contribution in [-0.2, 0) is 15.1 Å². The van der Waals surface area contributed by atoms with Gasteiger partial charge in [-0.2, -0.15) is 0 Å². The fourth-order valence-electron chi connectivity index (χ4n) is 1.90. The zero-order valence-electron chi connectivity index (χ0n) is 11.3. The van der Waals surface area contributed by atoms with E-state index in [1.165, 1.54) is 0 Å². The summed E-state index contributed by atoms with van der Waals surface area (Å²) in [6, 6.07) is 6.12. The second-order valence-electron chi connectivity index (χ2n) is 4.47. The van der Waals surface area contributed by atoms with Gasteiger partial charge in [0.1, 0.15) is 5.54 Å². The molecule has 1 N–H and O–H groups in total. The minimum atomic E-state index is -0.785. The SMILES string of the molecule is CCOC(=O)C(C)(NC)c1cc(C)cc(C)c1. The molecule has 0 aliphatic rings. The zero-order valence-corrected chi connectivity index (χ0v) is 11.3. The second kappa shape index (κ2) is 5.32. The van der Waals surface area contributed by atoms with E-state index in [1.54, 1.807) is 7.05 Å². The van der Waals surface area contributed by atoms with Gasteiger partial charge in [-0.1, -0.05) is 29.3 Å². The maximum Gasteiger partial charge on any atom is 0.330 e. The number of hydrogen-bond acceptors (Lipinski definition) is 3. The van der Waals surface area contributed by atoms with Crippen molar-refractivity contribution in [3.8, 4) is 0 Å². The Kier molecular flexibility index (Phi) is 4.29. The molecule has 3 heteroatoms. The quantitative estimate of drug-likeness (QED) is 0.814. The molecular formula is C14H21NO2. The van der Waals surface area contributed by atoms with Crippen LogP contribution >= 0.6 is 0 Å². The zero-order chi connectivity index (χ0) is 13.1. The van der Waals surface area contributed by atoms with Crippen LogP contribution < -0.4 is 5.32 Å². The molecule has 1 unspecified atom stereocenters. The topological polar surface area (TPSA) is 38.3 Å². The molecule has 1 aromatic rings. The molecule has 0 aliphatic carbocycles. The third-order valence-corrected chi connectivity index (χ3v) is 2.98. The summed E-state index contributed by atoms with van der Waals surface area (Å²) in [6.45, 7) is 8.10. The Morgan fingerprint density at radius 1 is 1.29 bits per heavy atom. The number of benzene rings is 1. The van der Waals surface area contributed by atoms with E-state index < -0.39 is 5.54 Å². The van der Waals surface area contributed by atoms with E-state index in [4.69, 9.17) is 4.74 Å². The molecule has 0 heterocycles. The summed E-state index contributed by atoms with van der Waals surface area (Å²) >= 11 is 0. The van der Waals surface area contributed by atoms with Crippen molar-refractivity contribution < 1.29 is 9.53 Å². The molecule has 0 aliphatic heterocycles. The number of carbonyl (C=O) groups excluding carboxylic acids is 1. The van der Waals surface area contributed by atoms with Gasteiger partial charge in [-0.25, -0.2) is 4.79 Å². The lowest BCUT2D eigenvalue weighted by Crippen LogP contribution is -2.45. The highest BCUT2D eigenvalue weighted by Gasteiger charge is 2.35. The van der Waals surface area contributed by atoms with Gasteiger partial charge in [0, 0.05) is 0 Å². The van der Waals surface area contributed by atoms with E-state index in [0.717, 1.165) is 16.7 Å². The van der Waals surface area contributed by atoms with Gasteiger partial charge in [0.05, 0.1) is 6.61 Å². The standard InChI is InChI=1S/C14H21NO2/c1-6-17-13(16)14(4,15-5)12-8-10(2)7-11(3)9-12/h7-9,15H,6H2,1-5H3.